The average Bonchev–Trinajstić information content (AvgIpc) is 2.14. The number of rotatable bonds is 4. The average molecular weight is 328 g/mol. The number of hydrogen-bond acceptors (Lipinski definition) is 0. The van der Waals surface area contributed by atoms with Crippen molar-refractivity contribution in [2.24, 2.45) is 0 Å². The SMILES string of the molecule is FC(F)c1ccc(CCCBr)cc1Br. The molecule has 0 aromatic heterocycles. The van der Waals surface area contributed by atoms with Crippen molar-refractivity contribution in [3.05, 3.63) is 33.8 Å². The predicted molar refractivity (Wildman–Crippen MR) is 61.2 cm³/mol. The summed E-state index contributed by atoms with van der Waals surface area (Å²) in [4.78, 5) is 0. The van der Waals surface area contributed by atoms with E-state index in [1.165, 1.54) is 6.07 Å². The molecular formula is C10H10Br2F2. The quantitative estimate of drug-likeness (QED) is 0.702. The van der Waals surface area contributed by atoms with E-state index < -0.39 is 6.43 Å². The molecule has 0 saturated heterocycles. The van der Waals surface area contributed by atoms with Crippen molar-refractivity contribution in [1.29, 1.82) is 0 Å². The topological polar surface area (TPSA) is 0 Å². The molecule has 14 heavy (non-hydrogen) atoms. The van der Waals surface area contributed by atoms with Crippen LogP contribution in [0.3, 0.4) is 0 Å². The van der Waals surface area contributed by atoms with Crippen molar-refractivity contribution >= 4 is 31.9 Å². The lowest BCUT2D eigenvalue weighted by molar-refractivity contribution is 0.150. The second kappa shape index (κ2) is 5.81. The minimum Gasteiger partial charge on any atom is -0.205 e. The number of benzene rings is 1. The fourth-order valence-corrected chi connectivity index (χ4v) is 2.05. The molecule has 1 aromatic carbocycles. The summed E-state index contributed by atoms with van der Waals surface area (Å²) in [5.41, 5.74) is 1.15. The molecule has 0 aliphatic carbocycles. The van der Waals surface area contributed by atoms with Crippen LogP contribution >= 0.6 is 31.9 Å². The lowest BCUT2D eigenvalue weighted by Gasteiger charge is -2.05. The molecule has 0 nitrogen and oxygen atoms in total. The number of alkyl halides is 3. The zero-order valence-electron chi connectivity index (χ0n) is 7.44. The lowest BCUT2D eigenvalue weighted by atomic mass is 10.1. The van der Waals surface area contributed by atoms with Gasteiger partial charge in [0.1, 0.15) is 0 Å². The molecular weight excluding hydrogens is 318 g/mol. The summed E-state index contributed by atoms with van der Waals surface area (Å²) in [6.07, 6.45) is -0.483. The van der Waals surface area contributed by atoms with Crippen molar-refractivity contribution in [3.8, 4) is 0 Å². The number of aryl methyl sites for hydroxylation is 1. The Morgan fingerprint density at radius 1 is 1.29 bits per heavy atom. The van der Waals surface area contributed by atoms with Gasteiger partial charge in [0.15, 0.2) is 0 Å². The van der Waals surface area contributed by atoms with E-state index in [2.05, 4.69) is 31.9 Å². The number of halogens is 4. The molecule has 0 saturated carbocycles. The summed E-state index contributed by atoms with van der Waals surface area (Å²) in [7, 11) is 0. The molecule has 0 unspecified atom stereocenters. The molecule has 1 rings (SSSR count). The van der Waals surface area contributed by atoms with Crippen LogP contribution in [0.25, 0.3) is 0 Å². The van der Waals surface area contributed by atoms with Crippen molar-refractivity contribution in [1.82, 2.24) is 0 Å². The van der Waals surface area contributed by atoms with Gasteiger partial charge < -0.3 is 0 Å². The second-order valence-electron chi connectivity index (χ2n) is 2.95. The minimum atomic E-state index is -2.41. The van der Waals surface area contributed by atoms with Gasteiger partial charge in [-0.25, -0.2) is 8.78 Å². The first-order chi connectivity index (χ1) is 6.65. The Bertz CT molecular complexity index is 300. The van der Waals surface area contributed by atoms with Crippen LogP contribution in [0.1, 0.15) is 24.0 Å². The van der Waals surface area contributed by atoms with E-state index >= 15 is 0 Å². The van der Waals surface area contributed by atoms with Crippen molar-refractivity contribution < 1.29 is 8.78 Å². The highest BCUT2D eigenvalue weighted by Crippen LogP contribution is 2.28. The first-order valence-corrected chi connectivity index (χ1v) is 6.19. The van der Waals surface area contributed by atoms with Gasteiger partial charge in [0.2, 0.25) is 0 Å². The molecule has 0 N–H and O–H groups in total. The normalized spacial score (nSPS) is 10.9. The maximum Gasteiger partial charge on any atom is 0.264 e. The third-order valence-electron chi connectivity index (χ3n) is 1.90. The van der Waals surface area contributed by atoms with Crippen LogP contribution in [0, 0.1) is 0 Å². The molecule has 78 valence electrons. The van der Waals surface area contributed by atoms with Crippen LogP contribution in [0.4, 0.5) is 8.78 Å². The zero-order valence-corrected chi connectivity index (χ0v) is 10.6. The van der Waals surface area contributed by atoms with Crippen molar-refractivity contribution in [2.75, 3.05) is 5.33 Å². The van der Waals surface area contributed by atoms with Crippen LogP contribution in [0.2, 0.25) is 0 Å². The third kappa shape index (κ3) is 3.31. The van der Waals surface area contributed by atoms with E-state index in [0.717, 1.165) is 23.7 Å². The highest BCUT2D eigenvalue weighted by atomic mass is 79.9. The second-order valence-corrected chi connectivity index (χ2v) is 4.60. The van der Waals surface area contributed by atoms with E-state index in [9.17, 15) is 8.78 Å². The van der Waals surface area contributed by atoms with Gasteiger partial charge in [-0.1, -0.05) is 44.0 Å². The molecule has 0 bridgehead atoms. The smallest absolute Gasteiger partial charge is 0.205 e. The standard InChI is InChI=1S/C10H10Br2F2/c11-5-1-2-7-3-4-8(10(13)14)9(12)6-7/h3-4,6,10H,1-2,5H2. The van der Waals surface area contributed by atoms with Crippen LogP contribution in [-0.4, -0.2) is 5.33 Å². The summed E-state index contributed by atoms with van der Waals surface area (Å²) < 4.78 is 25.2. The molecule has 4 heteroatoms. The van der Waals surface area contributed by atoms with E-state index in [0.29, 0.717) is 4.47 Å². The zero-order chi connectivity index (χ0) is 10.6. The minimum absolute atomic E-state index is 0.0626. The van der Waals surface area contributed by atoms with E-state index in [1.807, 2.05) is 0 Å². The Kier molecular flexibility index (Phi) is 5.02. The molecule has 0 aliphatic rings. The summed E-state index contributed by atoms with van der Waals surface area (Å²) in [5.74, 6) is 0. The van der Waals surface area contributed by atoms with Gasteiger partial charge in [0, 0.05) is 15.4 Å². The molecule has 1 aromatic rings. The molecule has 0 spiro atoms. The lowest BCUT2D eigenvalue weighted by Crippen LogP contribution is -1.90. The maximum atomic E-state index is 12.4. The third-order valence-corrected chi connectivity index (χ3v) is 3.15. The van der Waals surface area contributed by atoms with E-state index in [-0.39, 0.29) is 5.56 Å². The fourth-order valence-electron chi connectivity index (χ4n) is 1.17. The van der Waals surface area contributed by atoms with Crippen molar-refractivity contribution in [3.63, 3.8) is 0 Å². The molecule has 0 amide bonds. The van der Waals surface area contributed by atoms with Gasteiger partial charge >= 0.3 is 0 Å². The Hall–Kier alpha value is 0.0400. The summed E-state index contributed by atoms with van der Waals surface area (Å²) >= 11 is 6.48. The highest BCUT2D eigenvalue weighted by Gasteiger charge is 2.11. The summed E-state index contributed by atoms with van der Waals surface area (Å²) in [5, 5.41) is 0.932. The first-order valence-electron chi connectivity index (χ1n) is 4.27. The van der Waals surface area contributed by atoms with Crippen molar-refractivity contribution in [2.45, 2.75) is 19.3 Å². The van der Waals surface area contributed by atoms with Gasteiger partial charge in [0.25, 0.3) is 6.43 Å². The van der Waals surface area contributed by atoms with Gasteiger partial charge in [-0.3, -0.25) is 0 Å². The Labute approximate surface area is 99.0 Å². The van der Waals surface area contributed by atoms with Crippen LogP contribution in [0.15, 0.2) is 22.7 Å². The van der Waals surface area contributed by atoms with Crippen LogP contribution in [-0.2, 0) is 6.42 Å². The van der Waals surface area contributed by atoms with Gasteiger partial charge in [-0.2, -0.15) is 0 Å². The predicted octanol–water partition coefficient (Wildman–Crippen LogP) is 4.71. The highest BCUT2D eigenvalue weighted by molar-refractivity contribution is 9.10. The molecule has 0 atom stereocenters. The van der Waals surface area contributed by atoms with Gasteiger partial charge in [-0.15, -0.1) is 0 Å². The Morgan fingerprint density at radius 3 is 2.50 bits per heavy atom. The molecule has 0 fully saturated rings. The number of hydrogen-bond donors (Lipinski definition) is 0. The Morgan fingerprint density at radius 2 is 2.00 bits per heavy atom. The Balaban J connectivity index is 2.78. The van der Waals surface area contributed by atoms with Gasteiger partial charge in [-0.05, 0) is 24.5 Å². The molecule has 0 heterocycles. The van der Waals surface area contributed by atoms with E-state index in [1.54, 1.807) is 12.1 Å². The van der Waals surface area contributed by atoms with E-state index in [4.69, 9.17) is 0 Å². The largest absolute Gasteiger partial charge is 0.264 e. The van der Waals surface area contributed by atoms with Crippen LogP contribution in [0.5, 0.6) is 0 Å². The van der Waals surface area contributed by atoms with Gasteiger partial charge in [0.05, 0.1) is 0 Å². The molecule has 0 radical (unpaired) electrons. The fraction of sp³-hybridized carbons (Fsp3) is 0.400. The summed E-state index contributed by atoms with van der Waals surface area (Å²) in [6.45, 7) is 0. The van der Waals surface area contributed by atoms with Crippen LogP contribution < -0.4 is 0 Å². The maximum absolute atomic E-state index is 12.4. The summed E-state index contributed by atoms with van der Waals surface area (Å²) in [6, 6.07) is 5.01. The molecule has 0 aliphatic heterocycles. The monoisotopic (exact) mass is 326 g/mol. The first kappa shape index (κ1) is 12.1.